The molecule has 0 radical (unpaired) electrons. The lowest BCUT2D eigenvalue weighted by molar-refractivity contribution is -0.432. The zero-order valence-electron chi connectivity index (χ0n) is 29.2. The van der Waals surface area contributed by atoms with Crippen molar-refractivity contribution in [3.8, 4) is 0 Å². The number of benzene rings is 4. The van der Waals surface area contributed by atoms with Gasteiger partial charge in [-0.05, 0) is 72.8 Å². The highest BCUT2D eigenvalue weighted by Gasteiger charge is 2.27. The topological polar surface area (TPSA) is 398 Å². The van der Waals surface area contributed by atoms with Crippen molar-refractivity contribution in [2.75, 3.05) is 36.2 Å². The van der Waals surface area contributed by atoms with Crippen LogP contribution in [0.15, 0.2) is 118 Å². The van der Waals surface area contributed by atoms with Gasteiger partial charge in [-0.3, -0.25) is 9.11 Å². The van der Waals surface area contributed by atoms with Crippen molar-refractivity contribution in [3.63, 3.8) is 0 Å². The molecule has 0 bridgehead atoms. The van der Waals surface area contributed by atoms with Gasteiger partial charge in [0.05, 0.1) is 75.0 Å². The molecule has 0 amide bonds. The minimum absolute atomic E-state index is 0.0127. The number of hydrogen-bond acceptors (Lipinski definition) is 23. The van der Waals surface area contributed by atoms with Gasteiger partial charge >= 0.3 is 26.8 Å². The second kappa shape index (κ2) is 19.6. The molecule has 0 aliphatic heterocycles. The van der Waals surface area contributed by atoms with E-state index in [-0.39, 0.29) is 26.9 Å². The Morgan fingerprint density at radius 3 is 1.27 bits per heavy atom. The van der Waals surface area contributed by atoms with Crippen LogP contribution in [0, 0.1) is 0 Å². The van der Waals surface area contributed by atoms with Crippen LogP contribution in [0.3, 0.4) is 0 Å². The predicted molar refractivity (Wildman–Crippen MR) is 204 cm³/mol. The molecule has 0 heterocycles. The predicted octanol–water partition coefficient (Wildman–Crippen LogP) is 5.41. The molecule has 0 spiro atoms. The molecule has 0 atom stereocenters. The zero-order chi connectivity index (χ0) is 43.6. The van der Waals surface area contributed by atoms with Crippen molar-refractivity contribution >= 4 is 104 Å². The first-order valence-corrected chi connectivity index (χ1v) is 22.3. The molecule has 4 rings (SSSR count). The summed E-state index contributed by atoms with van der Waals surface area (Å²) in [5, 5.41) is 46.2. The Labute approximate surface area is 338 Å². The van der Waals surface area contributed by atoms with Crippen molar-refractivity contribution in [1.29, 1.82) is 0 Å². The maximum Gasteiger partial charge on any atom is 0.397 e. The molecule has 0 aromatic heterocycles. The maximum absolute atomic E-state index is 12.7. The smallest absolute Gasteiger partial charge is 0.397 e. The Morgan fingerprint density at radius 1 is 0.576 bits per heavy atom. The fourth-order valence-electron chi connectivity index (χ4n) is 4.39. The van der Waals surface area contributed by atoms with Gasteiger partial charge in [0.15, 0.2) is 19.7 Å². The van der Waals surface area contributed by atoms with E-state index in [1.807, 2.05) is 0 Å². The molecule has 4 aromatic rings. The first kappa shape index (κ1) is 46.3. The lowest BCUT2D eigenvalue weighted by atomic mass is 10.1. The Bertz CT molecular complexity index is 2720. The van der Waals surface area contributed by atoms with Crippen LogP contribution < -0.4 is 11.5 Å². The molecule has 0 fully saturated rings. The highest BCUT2D eigenvalue weighted by Crippen LogP contribution is 2.49. The summed E-state index contributed by atoms with van der Waals surface area (Å²) in [6.45, 7) is -1.74. The minimum atomic E-state index is -4.88. The van der Waals surface area contributed by atoms with Gasteiger partial charge in [0, 0.05) is 4.90 Å². The van der Waals surface area contributed by atoms with E-state index >= 15 is 0 Å². The number of nitrogen functional groups attached to an aromatic ring is 2. The van der Waals surface area contributed by atoms with Gasteiger partial charge in [-0.15, -0.1) is 19.7 Å². The molecule has 30 heteroatoms. The van der Waals surface area contributed by atoms with E-state index in [9.17, 15) is 43.6 Å². The minimum Gasteiger partial charge on any atom is -0.478 e. The van der Waals surface area contributed by atoms with Gasteiger partial charge in [0.1, 0.15) is 22.6 Å². The Kier molecular flexibility index (Phi) is 15.4. The molecule has 4 aromatic carbocycles. The second-order valence-corrected chi connectivity index (χ2v) is 18.2. The molecule has 0 saturated carbocycles. The van der Waals surface area contributed by atoms with E-state index in [1.54, 1.807) is 0 Å². The van der Waals surface area contributed by atoms with Crippen molar-refractivity contribution in [2.24, 2.45) is 30.7 Å². The molecular weight excluding hydrogens is 893 g/mol. The summed E-state index contributed by atoms with van der Waals surface area (Å²) in [7, 11) is -17.9. The summed E-state index contributed by atoms with van der Waals surface area (Å²) < 4.78 is 123. The number of hydrogen-bond donors (Lipinski definition) is 6. The first-order chi connectivity index (χ1) is 27.6. The monoisotopic (exact) mass is 920 g/mol. The molecule has 0 aliphatic rings. The van der Waals surface area contributed by atoms with Crippen molar-refractivity contribution in [2.45, 2.75) is 14.7 Å². The third-order valence-corrected chi connectivity index (χ3v) is 12.0. The van der Waals surface area contributed by atoms with Gasteiger partial charge in [0.25, 0.3) is 0 Å². The lowest BCUT2D eigenvalue weighted by Crippen LogP contribution is -2.15. The fraction of sp³-hybridized carbons (Fsp3) is 0.138. The lowest BCUT2D eigenvalue weighted by Gasteiger charge is -2.13. The molecule has 25 nitrogen and oxygen atoms in total. The summed E-state index contributed by atoms with van der Waals surface area (Å²) >= 11 is 0.648. The quantitative estimate of drug-likeness (QED) is 0.0161. The van der Waals surface area contributed by atoms with E-state index in [1.165, 1.54) is 48.5 Å². The average Bonchev–Trinajstić information content (AvgIpc) is 3.15. The van der Waals surface area contributed by atoms with E-state index in [4.69, 9.17) is 25.8 Å². The normalized spacial score (nSPS) is 12.9. The van der Waals surface area contributed by atoms with Crippen LogP contribution in [0.1, 0.15) is 10.4 Å². The highest BCUT2D eigenvalue weighted by molar-refractivity contribution is 7.94. The third kappa shape index (κ3) is 13.6. The standard InChI is InChI=1S/C29H28N8O17S5/c30-24-26(35-32-17-1-7-20(8-2-17)55-54-53-40)23(29(38)39)27(36-33-18-3-9-21(10-4-18)56(41,42)15-13-51-58(45,46)47)25(31)28(24)37-34-19-5-11-22(12-6-19)57(43,44)16-14-52-59(48,49)50/h1-12,40H,13-16,30-31H2,(H,38,39)(H,45,46,47)(H,48,49,50)/b35-32?,36-33?,37-34-. The molecule has 8 N–H and O–H groups in total. The number of nitrogens with two attached hydrogens (primary N) is 2. The van der Waals surface area contributed by atoms with Gasteiger partial charge in [-0.25, -0.2) is 35.3 Å². The van der Waals surface area contributed by atoms with Crippen molar-refractivity contribution in [1.82, 2.24) is 0 Å². The summed E-state index contributed by atoms with van der Waals surface area (Å²) in [6, 6.07) is 14.9. The van der Waals surface area contributed by atoms with Crippen molar-refractivity contribution in [3.05, 3.63) is 78.4 Å². The van der Waals surface area contributed by atoms with E-state index in [0.717, 1.165) is 24.3 Å². The van der Waals surface area contributed by atoms with Gasteiger partial charge in [0.2, 0.25) is 0 Å². The number of anilines is 2. The fourth-order valence-corrected chi connectivity index (χ4v) is 7.72. The largest absolute Gasteiger partial charge is 0.478 e. The number of carbonyl (C=O) groups is 1. The van der Waals surface area contributed by atoms with Gasteiger partial charge < -0.3 is 16.6 Å². The number of aromatic carboxylic acids is 1. The number of rotatable bonds is 20. The Morgan fingerprint density at radius 2 is 0.932 bits per heavy atom. The Hall–Kier alpha value is -5.38. The van der Waals surface area contributed by atoms with Crippen molar-refractivity contribution < 1.29 is 75.7 Å². The second-order valence-electron chi connectivity index (χ2n) is 11.0. The van der Waals surface area contributed by atoms with Crippen LogP contribution in [0.5, 0.6) is 0 Å². The molecule has 59 heavy (non-hydrogen) atoms. The molecular formula is C29H28N8O17S5. The van der Waals surface area contributed by atoms with Crippen LogP contribution >= 0.6 is 12.0 Å². The van der Waals surface area contributed by atoms with Crippen LogP contribution in [-0.2, 0) is 58.2 Å². The molecule has 0 saturated heterocycles. The van der Waals surface area contributed by atoms with E-state index in [2.05, 4.69) is 48.4 Å². The summed E-state index contributed by atoms with van der Waals surface area (Å²) in [5.41, 5.74) is 9.67. The zero-order valence-corrected chi connectivity index (χ0v) is 33.3. The summed E-state index contributed by atoms with van der Waals surface area (Å²) in [6.07, 6.45) is 0. The van der Waals surface area contributed by atoms with Crippen LogP contribution in [0.4, 0.5) is 45.5 Å². The number of carboxylic acids is 1. The SMILES string of the molecule is Nc1c(N=Nc2ccc(SOOO)cc2)c(C(=O)O)c(N=Nc2ccc(S(=O)(=O)CCOS(=O)(=O)O)cc2)c(N)c1/N=N\c1ccc(S(=O)(=O)CCOS(=O)(=O)O)cc1. The average molecular weight is 921 g/mol. The molecule has 316 valence electrons. The number of nitrogens with zero attached hydrogens (tertiary/aromatic N) is 6. The van der Waals surface area contributed by atoms with E-state index in [0.29, 0.717) is 16.9 Å². The third-order valence-electron chi connectivity index (χ3n) is 7.06. The summed E-state index contributed by atoms with van der Waals surface area (Å²) in [5.74, 6) is -3.28. The van der Waals surface area contributed by atoms with Crippen LogP contribution in [0.2, 0.25) is 0 Å². The van der Waals surface area contributed by atoms with Crippen LogP contribution in [0.25, 0.3) is 0 Å². The first-order valence-electron chi connectivity index (χ1n) is 15.5. The highest BCUT2D eigenvalue weighted by atomic mass is 32.3. The van der Waals surface area contributed by atoms with Crippen LogP contribution in [-0.4, -0.2) is 83.8 Å². The maximum atomic E-state index is 12.7. The molecule has 0 aliphatic carbocycles. The summed E-state index contributed by atoms with van der Waals surface area (Å²) in [4.78, 5) is 12.6. The molecule has 0 unspecified atom stereocenters. The van der Waals surface area contributed by atoms with Gasteiger partial charge in [-0.1, -0.05) is 5.04 Å². The number of sulfone groups is 2. The number of carboxylic acid groups (broad SMARTS) is 1. The van der Waals surface area contributed by atoms with Gasteiger partial charge in [-0.2, -0.15) is 32.2 Å². The number of azo groups is 3. The van der Waals surface area contributed by atoms with E-state index < -0.39 is 105 Å². The Balaban J connectivity index is 1.75.